The summed E-state index contributed by atoms with van der Waals surface area (Å²) in [4.78, 5) is 8.63. The van der Waals surface area contributed by atoms with E-state index in [1.165, 1.54) is 6.07 Å². The van der Waals surface area contributed by atoms with E-state index < -0.39 is 12.0 Å². The third-order valence-electron chi connectivity index (χ3n) is 3.50. The van der Waals surface area contributed by atoms with Crippen LogP contribution in [0.1, 0.15) is 31.5 Å². The molecule has 0 aromatic carbocycles. The molecular formula is C12H18F3N5O. The van der Waals surface area contributed by atoms with Crippen LogP contribution >= 0.6 is 0 Å². The third-order valence-corrected chi connectivity index (χ3v) is 3.50. The zero-order valence-electron chi connectivity index (χ0n) is 11.4. The highest BCUT2D eigenvalue weighted by molar-refractivity contribution is 5.50. The Labute approximate surface area is 120 Å². The van der Waals surface area contributed by atoms with E-state index in [2.05, 4.69) is 15.4 Å². The smallest absolute Gasteiger partial charge is 0.394 e. The molecule has 1 saturated heterocycles. The molecule has 1 aromatic rings. The summed E-state index contributed by atoms with van der Waals surface area (Å²) in [5.41, 5.74) is 2.13. The second-order valence-corrected chi connectivity index (χ2v) is 4.96. The van der Waals surface area contributed by atoms with E-state index in [0.717, 1.165) is 19.3 Å². The molecule has 1 fully saturated rings. The van der Waals surface area contributed by atoms with Gasteiger partial charge in [0.05, 0.1) is 12.6 Å². The largest absolute Gasteiger partial charge is 0.451 e. The summed E-state index contributed by atoms with van der Waals surface area (Å²) in [6.45, 7) is 0.417. The van der Waals surface area contributed by atoms with Crippen molar-refractivity contribution in [3.63, 3.8) is 0 Å². The zero-order chi connectivity index (χ0) is 15.5. The summed E-state index contributed by atoms with van der Waals surface area (Å²) in [5.74, 6) is 3.97. The molecule has 1 aliphatic heterocycles. The minimum absolute atomic E-state index is 0.103. The highest BCUT2D eigenvalue weighted by Crippen LogP contribution is 2.30. The van der Waals surface area contributed by atoms with Crippen LogP contribution in [0, 0.1) is 0 Å². The van der Waals surface area contributed by atoms with Crippen LogP contribution in [0.15, 0.2) is 6.07 Å². The van der Waals surface area contributed by atoms with Gasteiger partial charge < -0.3 is 15.4 Å². The number of nitrogens with zero attached hydrogens (tertiary/aromatic N) is 3. The highest BCUT2D eigenvalue weighted by atomic mass is 19.4. The van der Waals surface area contributed by atoms with Crippen LogP contribution in [0.4, 0.5) is 24.8 Å². The van der Waals surface area contributed by atoms with Gasteiger partial charge in [-0.05, 0) is 12.8 Å². The molecule has 0 radical (unpaired) electrons. The van der Waals surface area contributed by atoms with Gasteiger partial charge >= 0.3 is 6.18 Å². The lowest BCUT2D eigenvalue weighted by molar-refractivity contribution is -0.144. The molecule has 9 heteroatoms. The Morgan fingerprint density at radius 2 is 2.10 bits per heavy atom. The van der Waals surface area contributed by atoms with E-state index in [1.807, 2.05) is 0 Å². The lowest BCUT2D eigenvalue weighted by Gasteiger charge is -2.30. The maximum absolute atomic E-state index is 12.8. The summed E-state index contributed by atoms with van der Waals surface area (Å²) in [6.07, 6.45) is -1.18. The molecule has 1 aliphatic rings. The Bertz CT molecular complexity index is 482. The summed E-state index contributed by atoms with van der Waals surface area (Å²) in [6, 6.07) is 1.12. The fraction of sp³-hybridized carbons (Fsp3) is 0.667. The number of aromatic nitrogens is 2. The van der Waals surface area contributed by atoms with Gasteiger partial charge in [-0.2, -0.15) is 13.2 Å². The first-order valence-electron chi connectivity index (χ1n) is 6.76. The Hall–Kier alpha value is -1.61. The van der Waals surface area contributed by atoms with Gasteiger partial charge in [0.2, 0.25) is 5.82 Å². The predicted molar refractivity (Wildman–Crippen MR) is 71.5 cm³/mol. The molecule has 1 atom stereocenters. The molecule has 0 bridgehead atoms. The number of anilines is 2. The van der Waals surface area contributed by atoms with Crippen molar-refractivity contribution in [1.29, 1.82) is 0 Å². The van der Waals surface area contributed by atoms with Crippen LogP contribution in [-0.4, -0.2) is 34.3 Å². The quantitative estimate of drug-likeness (QED) is 0.580. The fourth-order valence-corrected chi connectivity index (χ4v) is 2.45. The monoisotopic (exact) mass is 305 g/mol. The number of halogens is 3. The number of alkyl halides is 3. The van der Waals surface area contributed by atoms with Gasteiger partial charge in [0, 0.05) is 12.6 Å². The van der Waals surface area contributed by atoms with Gasteiger partial charge in [-0.3, -0.25) is 0 Å². The number of nitrogens with two attached hydrogens (primary N) is 1. The van der Waals surface area contributed by atoms with E-state index in [0.29, 0.717) is 13.0 Å². The molecule has 21 heavy (non-hydrogen) atoms. The SMILES string of the molecule is NNc1cc(N2CCCCCC2CO)nc(C(F)(F)F)n1. The number of hydrazine groups is 1. The maximum atomic E-state index is 12.8. The normalized spacial score (nSPS) is 20.2. The molecule has 1 aromatic heterocycles. The average molecular weight is 305 g/mol. The van der Waals surface area contributed by atoms with Crippen LogP contribution in [-0.2, 0) is 6.18 Å². The van der Waals surface area contributed by atoms with Crippen molar-refractivity contribution in [1.82, 2.24) is 9.97 Å². The number of rotatable bonds is 3. The maximum Gasteiger partial charge on any atom is 0.451 e. The Morgan fingerprint density at radius 3 is 2.71 bits per heavy atom. The van der Waals surface area contributed by atoms with Gasteiger partial charge in [0.25, 0.3) is 0 Å². The molecule has 0 saturated carbocycles. The second-order valence-electron chi connectivity index (χ2n) is 4.96. The minimum atomic E-state index is -4.65. The molecule has 0 spiro atoms. The minimum Gasteiger partial charge on any atom is -0.394 e. The molecule has 6 nitrogen and oxygen atoms in total. The summed E-state index contributed by atoms with van der Waals surface area (Å²) in [7, 11) is 0. The molecule has 1 unspecified atom stereocenters. The summed E-state index contributed by atoms with van der Waals surface area (Å²) < 4.78 is 38.5. The second kappa shape index (κ2) is 6.44. The van der Waals surface area contributed by atoms with E-state index in [4.69, 9.17) is 5.84 Å². The number of aliphatic hydroxyl groups is 1. The number of aliphatic hydroxyl groups excluding tert-OH is 1. The third kappa shape index (κ3) is 3.73. The highest BCUT2D eigenvalue weighted by Gasteiger charge is 2.36. The Kier molecular flexibility index (Phi) is 4.84. The van der Waals surface area contributed by atoms with Crippen molar-refractivity contribution in [2.24, 2.45) is 5.84 Å². The van der Waals surface area contributed by atoms with Crippen molar-refractivity contribution in [2.75, 3.05) is 23.5 Å². The van der Waals surface area contributed by atoms with Crippen molar-refractivity contribution in [3.8, 4) is 0 Å². The van der Waals surface area contributed by atoms with Crippen LogP contribution in [0.5, 0.6) is 0 Å². The first-order valence-corrected chi connectivity index (χ1v) is 6.76. The van der Waals surface area contributed by atoms with Crippen LogP contribution in [0.3, 0.4) is 0 Å². The van der Waals surface area contributed by atoms with Crippen molar-refractivity contribution in [2.45, 2.75) is 37.9 Å². The van der Waals surface area contributed by atoms with Gasteiger partial charge in [0.15, 0.2) is 0 Å². The van der Waals surface area contributed by atoms with Crippen LogP contribution in [0.2, 0.25) is 0 Å². The lowest BCUT2D eigenvalue weighted by Crippen LogP contribution is -2.38. The molecular weight excluding hydrogens is 287 g/mol. The van der Waals surface area contributed by atoms with E-state index in [1.54, 1.807) is 4.90 Å². The van der Waals surface area contributed by atoms with E-state index in [-0.39, 0.29) is 24.3 Å². The summed E-state index contributed by atoms with van der Waals surface area (Å²) in [5, 5.41) is 9.46. The van der Waals surface area contributed by atoms with Crippen molar-refractivity contribution >= 4 is 11.6 Å². The number of hydrogen-bond acceptors (Lipinski definition) is 6. The Morgan fingerprint density at radius 1 is 1.33 bits per heavy atom. The molecule has 118 valence electrons. The van der Waals surface area contributed by atoms with Gasteiger partial charge in [-0.1, -0.05) is 12.8 Å². The van der Waals surface area contributed by atoms with Crippen LogP contribution < -0.4 is 16.2 Å². The van der Waals surface area contributed by atoms with Gasteiger partial charge in [-0.15, -0.1) is 0 Å². The molecule has 0 aliphatic carbocycles. The molecule has 2 heterocycles. The Balaban J connectivity index is 2.40. The molecule has 4 N–H and O–H groups in total. The van der Waals surface area contributed by atoms with Crippen molar-refractivity contribution < 1.29 is 18.3 Å². The first kappa shape index (κ1) is 15.8. The van der Waals surface area contributed by atoms with E-state index >= 15 is 0 Å². The topological polar surface area (TPSA) is 87.3 Å². The predicted octanol–water partition coefficient (Wildman–Crippen LogP) is 1.52. The van der Waals surface area contributed by atoms with E-state index in [9.17, 15) is 18.3 Å². The standard InChI is InChI=1S/C12H18F3N5O/c13-12(14,15)11-17-9(19-16)6-10(18-11)20-5-3-1-2-4-8(20)7-21/h6,8,21H,1-5,7,16H2,(H,17,18,19). The number of hydrogen-bond donors (Lipinski definition) is 3. The van der Waals surface area contributed by atoms with Crippen LogP contribution in [0.25, 0.3) is 0 Å². The zero-order valence-corrected chi connectivity index (χ0v) is 11.4. The number of nitrogen functional groups attached to an aromatic ring is 1. The first-order chi connectivity index (χ1) is 9.95. The fourth-order valence-electron chi connectivity index (χ4n) is 2.45. The molecule has 0 amide bonds. The van der Waals surface area contributed by atoms with Gasteiger partial charge in [-0.25, -0.2) is 15.8 Å². The average Bonchev–Trinajstić information content (AvgIpc) is 2.70. The van der Waals surface area contributed by atoms with Crippen molar-refractivity contribution in [3.05, 3.63) is 11.9 Å². The lowest BCUT2D eigenvalue weighted by atomic mass is 10.1. The molecule has 2 rings (SSSR count). The number of nitrogens with one attached hydrogen (secondary N) is 1. The summed E-state index contributed by atoms with van der Waals surface area (Å²) >= 11 is 0. The van der Waals surface area contributed by atoms with Gasteiger partial charge in [0.1, 0.15) is 11.6 Å².